The molecule has 0 aliphatic rings. The molecule has 2 aromatic heterocycles. The Bertz CT molecular complexity index is 795. The second-order valence-corrected chi connectivity index (χ2v) is 6.05. The number of aromatic nitrogens is 2. The van der Waals surface area contributed by atoms with E-state index in [-0.39, 0.29) is 16.7 Å². The molecule has 1 atom stereocenters. The zero-order valence-corrected chi connectivity index (χ0v) is 13.1. The lowest BCUT2D eigenvalue weighted by atomic mass is 10.0. The van der Waals surface area contributed by atoms with Crippen LogP contribution in [0.25, 0.3) is 4.96 Å². The number of rotatable bonds is 5. The van der Waals surface area contributed by atoms with Gasteiger partial charge in [0.05, 0.1) is 10.6 Å². The molecule has 7 heteroatoms. The van der Waals surface area contributed by atoms with E-state index in [1.807, 2.05) is 35.2 Å². The molecule has 0 radical (unpaired) electrons. The smallest absolute Gasteiger partial charge is 0.272 e. The van der Waals surface area contributed by atoms with Crippen LogP contribution in [0.15, 0.2) is 36.0 Å². The van der Waals surface area contributed by atoms with Gasteiger partial charge in [-0.05, 0) is 19.4 Å². The summed E-state index contributed by atoms with van der Waals surface area (Å²) < 4.78 is 1.99. The molecule has 0 spiro atoms. The fourth-order valence-electron chi connectivity index (χ4n) is 2.54. The molecule has 22 heavy (non-hydrogen) atoms. The SMILES string of the molecule is Cc1c([C@@H](C)NCc2cn3ccsc3n2)cccc1[N+](=O)[O-]. The molecule has 0 saturated heterocycles. The summed E-state index contributed by atoms with van der Waals surface area (Å²) in [4.78, 5) is 16.2. The average molecular weight is 316 g/mol. The van der Waals surface area contributed by atoms with Crippen molar-refractivity contribution in [2.75, 3.05) is 0 Å². The van der Waals surface area contributed by atoms with E-state index in [1.54, 1.807) is 24.3 Å². The molecule has 3 rings (SSSR count). The summed E-state index contributed by atoms with van der Waals surface area (Å²) in [5, 5.41) is 16.4. The Hall–Kier alpha value is -2.25. The summed E-state index contributed by atoms with van der Waals surface area (Å²) in [5.74, 6) is 0. The molecule has 3 aromatic rings. The van der Waals surface area contributed by atoms with Gasteiger partial charge >= 0.3 is 0 Å². The van der Waals surface area contributed by atoms with Gasteiger partial charge in [-0.15, -0.1) is 11.3 Å². The van der Waals surface area contributed by atoms with Crippen LogP contribution in [0.4, 0.5) is 5.69 Å². The van der Waals surface area contributed by atoms with Gasteiger partial charge in [-0.2, -0.15) is 0 Å². The van der Waals surface area contributed by atoms with Gasteiger partial charge in [-0.1, -0.05) is 12.1 Å². The van der Waals surface area contributed by atoms with Crippen molar-refractivity contribution in [1.82, 2.24) is 14.7 Å². The van der Waals surface area contributed by atoms with Crippen LogP contribution in [0.5, 0.6) is 0 Å². The van der Waals surface area contributed by atoms with Crippen LogP contribution in [0.3, 0.4) is 0 Å². The van der Waals surface area contributed by atoms with E-state index in [0.29, 0.717) is 12.1 Å². The van der Waals surface area contributed by atoms with Gasteiger partial charge in [0.2, 0.25) is 0 Å². The lowest BCUT2D eigenvalue weighted by molar-refractivity contribution is -0.385. The molecule has 0 amide bonds. The molecule has 0 bridgehead atoms. The van der Waals surface area contributed by atoms with E-state index in [1.165, 1.54) is 6.07 Å². The number of nitrogens with zero attached hydrogens (tertiary/aromatic N) is 3. The molecule has 0 aliphatic heterocycles. The lowest BCUT2D eigenvalue weighted by Gasteiger charge is -2.15. The van der Waals surface area contributed by atoms with Crippen molar-refractivity contribution < 1.29 is 4.92 Å². The number of hydrogen-bond acceptors (Lipinski definition) is 5. The van der Waals surface area contributed by atoms with Crippen LogP contribution in [0.1, 0.15) is 29.8 Å². The summed E-state index contributed by atoms with van der Waals surface area (Å²) in [7, 11) is 0. The first-order valence-electron chi connectivity index (χ1n) is 6.94. The van der Waals surface area contributed by atoms with Crippen LogP contribution in [0, 0.1) is 17.0 Å². The minimum Gasteiger partial charge on any atom is -0.304 e. The van der Waals surface area contributed by atoms with Gasteiger partial charge < -0.3 is 5.32 Å². The maximum atomic E-state index is 11.0. The molecule has 2 heterocycles. The van der Waals surface area contributed by atoms with Gasteiger partial charge in [0.15, 0.2) is 4.96 Å². The number of hydrogen-bond donors (Lipinski definition) is 1. The number of nitro groups is 1. The first kappa shape index (κ1) is 14.7. The number of fused-ring (bicyclic) bond motifs is 1. The number of nitrogens with one attached hydrogen (secondary N) is 1. The van der Waals surface area contributed by atoms with Gasteiger partial charge in [-0.25, -0.2) is 4.98 Å². The molecule has 1 N–H and O–H groups in total. The third kappa shape index (κ3) is 2.72. The summed E-state index contributed by atoms with van der Waals surface area (Å²) in [6, 6.07) is 5.20. The molecule has 6 nitrogen and oxygen atoms in total. The largest absolute Gasteiger partial charge is 0.304 e. The maximum Gasteiger partial charge on any atom is 0.272 e. The normalized spacial score (nSPS) is 12.6. The van der Waals surface area contributed by atoms with Crippen molar-refractivity contribution in [2.45, 2.75) is 26.4 Å². The van der Waals surface area contributed by atoms with E-state index in [2.05, 4.69) is 10.3 Å². The van der Waals surface area contributed by atoms with Crippen molar-refractivity contribution >= 4 is 22.0 Å². The van der Waals surface area contributed by atoms with Crippen molar-refractivity contribution in [2.24, 2.45) is 0 Å². The fourth-order valence-corrected chi connectivity index (χ4v) is 3.26. The zero-order chi connectivity index (χ0) is 15.7. The van der Waals surface area contributed by atoms with E-state index >= 15 is 0 Å². The van der Waals surface area contributed by atoms with Crippen molar-refractivity contribution in [3.8, 4) is 0 Å². The second kappa shape index (κ2) is 5.86. The van der Waals surface area contributed by atoms with Crippen LogP contribution in [-0.4, -0.2) is 14.3 Å². The lowest BCUT2D eigenvalue weighted by Crippen LogP contribution is -2.19. The van der Waals surface area contributed by atoms with Gasteiger partial charge in [-0.3, -0.25) is 14.5 Å². The van der Waals surface area contributed by atoms with Crippen LogP contribution in [-0.2, 0) is 6.54 Å². The highest BCUT2D eigenvalue weighted by atomic mass is 32.1. The molecule has 1 aromatic carbocycles. The molecular formula is C15H16N4O2S. The number of benzene rings is 1. The quantitative estimate of drug-likeness (QED) is 0.578. The van der Waals surface area contributed by atoms with E-state index < -0.39 is 0 Å². The van der Waals surface area contributed by atoms with Gasteiger partial charge in [0.1, 0.15) is 0 Å². The molecule has 0 unspecified atom stereocenters. The third-order valence-corrected chi connectivity index (χ3v) is 4.51. The highest BCUT2D eigenvalue weighted by molar-refractivity contribution is 7.15. The molecular weight excluding hydrogens is 300 g/mol. The molecule has 114 valence electrons. The predicted octanol–water partition coefficient (Wildman–Crippen LogP) is 3.46. The van der Waals surface area contributed by atoms with E-state index in [4.69, 9.17) is 0 Å². The second-order valence-electron chi connectivity index (χ2n) is 5.18. The van der Waals surface area contributed by atoms with Crippen LogP contribution in [0.2, 0.25) is 0 Å². The Morgan fingerprint density at radius 2 is 2.32 bits per heavy atom. The van der Waals surface area contributed by atoms with Crippen molar-refractivity contribution in [3.63, 3.8) is 0 Å². The van der Waals surface area contributed by atoms with E-state index in [9.17, 15) is 10.1 Å². The monoisotopic (exact) mass is 316 g/mol. The zero-order valence-electron chi connectivity index (χ0n) is 12.3. The Morgan fingerprint density at radius 1 is 1.50 bits per heavy atom. The minimum absolute atomic E-state index is 0.0136. The molecule has 0 fully saturated rings. The first-order valence-corrected chi connectivity index (χ1v) is 7.82. The average Bonchev–Trinajstić information content (AvgIpc) is 3.05. The maximum absolute atomic E-state index is 11.0. The third-order valence-electron chi connectivity index (χ3n) is 3.74. The summed E-state index contributed by atoms with van der Waals surface area (Å²) >= 11 is 1.60. The Balaban J connectivity index is 1.74. The summed E-state index contributed by atoms with van der Waals surface area (Å²) in [6.07, 6.45) is 3.97. The van der Waals surface area contributed by atoms with Gasteiger partial charge in [0, 0.05) is 42.0 Å². The highest BCUT2D eigenvalue weighted by Gasteiger charge is 2.17. The summed E-state index contributed by atoms with van der Waals surface area (Å²) in [5.41, 5.74) is 2.77. The van der Waals surface area contributed by atoms with Crippen molar-refractivity contribution in [3.05, 3.63) is 62.9 Å². The van der Waals surface area contributed by atoms with Crippen LogP contribution < -0.4 is 5.32 Å². The standard InChI is InChI=1S/C15H16N4O2S/c1-10-13(4-3-5-14(10)19(20)21)11(2)16-8-12-9-18-6-7-22-15(18)17-12/h3-7,9,11,16H,8H2,1-2H3/t11-/m1/s1. The molecule has 0 aliphatic carbocycles. The number of imidazole rings is 1. The predicted molar refractivity (Wildman–Crippen MR) is 86.2 cm³/mol. The minimum atomic E-state index is -0.338. The molecule has 0 saturated carbocycles. The Kier molecular flexibility index (Phi) is 3.91. The topological polar surface area (TPSA) is 72.5 Å². The van der Waals surface area contributed by atoms with Gasteiger partial charge in [0.25, 0.3) is 5.69 Å². The Morgan fingerprint density at radius 3 is 3.05 bits per heavy atom. The number of nitro benzene ring substituents is 1. The van der Waals surface area contributed by atoms with Crippen molar-refractivity contribution in [1.29, 1.82) is 0 Å². The first-order chi connectivity index (χ1) is 10.6. The highest BCUT2D eigenvalue weighted by Crippen LogP contribution is 2.26. The van der Waals surface area contributed by atoms with E-state index in [0.717, 1.165) is 16.2 Å². The summed E-state index contributed by atoms with van der Waals surface area (Å²) in [6.45, 7) is 4.42. The van der Waals surface area contributed by atoms with Crippen LogP contribution >= 0.6 is 11.3 Å². The number of thiazole rings is 1. The Labute approximate surface area is 131 Å². The fraction of sp³-hybridized carbons (Fsp3) is 0.267.